The Morgan fingerprint density at radius 3 is 2.70 bits per heavy atom. The van der Waals surface area contributed by atoms with Gasteiger partial charge in [-0.2, -0.15) is 13.2 Å². The Bertz CT molecular complexity index is 885. The molecule has 4 rings (SSSR count). The predicted octanol–water partition coefficient (Wildman–Crippen LogP) is 3.10. The van der Waals surface area contributed by atoms with Gasteiger partial charge < -0.3 is 15.7 Å². The van der Waals surface area contributed by atoms with Crippen LogP contribution < -0.4 is 10.6 Å². The van der Waals surface area contributed by atoms with E-state index in [9.17, 15) is 18.0 Å². The summed E-state index contributed by atoms with van der Waals surface area (Å²) in [4.78, 5) is 29.7. The number of alkyl halides is 3. The van der Waals surface area contributed by atoms with Crippen LogP contribution in [-0.4, -0.2) is 51.8 Å². The van der Waals surface area contributed by atoms with E-state index >= 15 is 0 Å². The number of rotatable bonds is 4. The number of nitrogens with one attached hydrogen (secondary N) is 2. The normalized spacial score (nSPS) is 19.5. The van der Waals surface area contributed by atoms with Crippen molar-refractivity contribution in [3.8, 4) is 10.6 Å². The fourth-order valence-electron chi connectivity index (χ4n) is 3.30. The first-order valence-electron chi connectivity index (χ1n) is 9.38. The summed E-state index contributed by atoms with van der Waals surface area (Å²) >= 11 is 1.48. The standard InChI is InChI=1S/C17H20N4OS.C2HF3O2/c22-15(19-9-12-3-7-20-17(8-12)4-5-17)14-11-23-16(21-14)13-2-1-6-18-10-13;3-2(4,5)1(6)7/h1-2,6,10-12,20H,3-5,7-9H2,(H,19,22);(H,6,7). The molecule has 0 bridgehead atoms. The first-order valence-corrected chi connectivity index (χ1v) is 10.3. The molecule has 0 radical (unpaired) electrons. The van der Waals surface area contributed by atoms with Crippen molar-refractivity contribution >= 4 is 23.2 Å². The van der Waals surface area contributed by atoms with Gasteiger partial charge in [0.05, 0.1) is 0 Å². The predicted molar refractivity (Wildman–Crippen MR) is 104 cm³/mol. The minimum atomic E-state index is -5.08. The highest BCUT2D eigenvalue weighted by atomic mass is 32.1. The number of pyridine rings is 1. The second kappa shape index (κ2) is 9.09. The summed E-state index contributed by atoms with van der Waals surface area (Å²) < 4.78 is 31.7. The Morgan fingerprint density at radius 1 is 1.37 bits per heavy atom. The van der Waals surface area contributed by atoms with Gasteiger partial charge in [0.2, 0.25) is 0 Å². The number of carbonyl (C=O) groups excluding carboxylic acids is 1. The minimum absolute atomic E-state index is 0.0697. The Morgan fingerprint density at radius 2 is 2.10 bits per heavy atom. The molecular weight excluding hydrogens is 421 g/mol. The third kappa shape index (κ3) is 5.99. The third-order valence-electron chi connectivity index (χ3n) is 5.02. The molecule has 11 heteroatoms. The van der Waals surface area contributed by atoms with Crippen molar-refractivity contribution in [1.82, 2.24) is 20.6 Å². The molecule has 1 atom stereocenters. The number of carboxylic acid groups (broad SMARTS) is 1. The molecule has 3 heterocycles. The molecule has 7 nitrogen and oxygen atoms in total. The van der Waals surface area contributed by atoms with Crippen molar-refractivity contribution in [1.29, 1.82) is 0 Å². The number of aromatic nitrogens is 2. The zero-order chi connectivity index (χ0) is 21.8. The highest BCUT2D eigenvalue weighted by molar-refractivity contribution is 7.13. The summed E-state index contributed by atoms with van der Waals surface area (Å²) in [5, 5.41) is 16.5. The van der Waals surface area contributed by atoms with Crippen LogP contribution in [0.5, 0.6) is 0 Å². The van der Waals surface area contributed by atoms with Crippen LogP contribution in [0.4, 0.5) is 13.2 Å². The van der Waals surface area contributed by atoms with Crippen LogP contribution in [-0.2, 0) is 4.79 Å². The molecule has 2 aromatic rings. The van der Waals surface area contributed by atoms with Crippen LogP contribution in [0.3, 0.4) is 0 Å². The highest BCUT2D eigenvalue weighted by Gasteiger charge is 2.45. The molecule has 1 aliphatic carbocycles. The summed E-state index contributed by atoms with van der Waals surface area (Å²) in [6, 6.07) is 3.83. The molecule has 1 aliphatic heterocycles. The summed E-state index contributed by atoms with van der Waals surface area (Å²) in [5.41, 5.74) is 1.86. The summed E-state index contributed by atoms with van der Waals surface area (Å²) in [7, 11) is 0. The van der Waals surface area contributed by atoms with Crippen LogP contribution in [0.1, 0.15) is 36.2 Å². The van der Waals surface area contributed by atoms with Crippen LogP contribution in [0, 0.1) is 5.92 Å². The number of piperidine rings is 1. The molecule has 162 valence electrons. The van der Waals surface area contributed by atoms with Crippen molar-refractivity contribution in [3.05, 3.63) is 35.6 Å². The second-order valence-corrected chi connectivity index (χ2v) is 8.22. The zero-order valence-corrected chi connectivity index (χ0v) is 16.7. The average Bonchev–Trinajstić information content (AvgIpc) is 3.26. The van der Waals surface area contributed by atoms with Crippen molar-refractivity contribution in [3.63, 3.8) is 0 Å². The molecule has 2 fully saturated rings. The number of hydrogen-bond donors (Lipinski definition) is 3. The number of nitrogens with zero attached hydrogens (tertiary/aromatic N) is 2. The molecular formula is C19H21F3N4O3S. The maximum absolute atomic E-state index is 12.3. The van der Waals surface area contributed by atoms with Gasteiger partial charge in [-0.05, 0) is 50.3 Å². The van der Waals surface area contributed by atoms with E-state index in [-0.39, 0.29) is 5.91 Å². The monoisotopic (exact) mass is 442 g/mol. The molecule has 3 N–H and O–H groups in total. The molecule has 2 aromatic heterocycles. The fraction of sp³-hybridized carbons (Fsp3) is 0.474. The number of thiazole rings is 1. The Hall–Kier alpha value is -2.53. The van der Waals surface area contributed by atoms with E-state index in [1.165, 1.54) is 30.6 Å². The van der Waals surface area contributed by atoms with E-state index in [0.29, 0.717) is 17.2 Å². The van der Waals surface area contributed by atoms with Crippen molar-refractivity contribution in [2.45, 2.75) is 37.4 Å². The van der Waals surface area contributed by atoms with Gasteiger partial charge in [-0.15, -0.1) is 11.3 Å². The molecule has 1 saturated carbocycles. The first kappa shape index (κ1) is 22.2. The largest absolute Gasteiger partial charge is 0.490 e. The van der Waals surface area contributed by atoms with Crippen molar-refractivity contribution < 1.29 is 27.9 Å². The number of carbonyl (C=O) groups is 2. The van der Waals surface area contributed by atoms with Gasteiger partial charge in [0.1, 0.15) is 10.7 Å². The third-order valence-corrected chi connectivity index (χ3v) is 5.92. The summed E-state index contributed by atoms with van der Waals surface area (Å²) in [6.45, 7) is 1.82. The van der Waals surface area contributed by atoms with Gasteiger partial charge in [0, 0.05) is 35.4 Å². The minimum Gasteiger partial charge on any atom is -0.475 e. The Balaban J connectivity index is 0.000000318. The van der Waals surface area contributed by atoms with Crippen molar-refractivity contribution in [2.75, 3.05) is 13.1 Å². The van der Waals surface area contributed by atoms with E-state index in [1.807, 2.05) is 17.5 Å². The van der Waals surface area contributed by atoms with Crippen LogP contribution in [0.15, 0.2) is 29.9 Å². The maximum atomic E-state index is 12.3. The quantitative estimate of drug-likeness (QED) is 0.672. The molecule has 1 spiro atoms. The average molecular weight is 442 g/mol. The zero-order valence-electron chi connectivity index (χ0n) is 15.9. The molecule has 0 aromatic carbocycles. The maximum Gasteiger partial charge on any atom is 0.490 e. The lowest BCUT2D eigenvalue weighted by Crippen LogP contribution is -2.43. The van der Waals surface area contributed by atoms with Gasteiger partial charge in [0.25, 0.3) is 5.91 Å². The van der Waals surface area contributed by atoms with E-state index in [4.69, 9.17) is 9.90 Å². The molecule has 1 unspecified atom stereocenters. The first-order chi connectivity index (χ1) is 14.2. The van der Waals surface area contributed by atoms with E-state index in [2.05, 4.69) is 20.6 Å². The summed E-state index contributed by atoms with van der Waals surface area (Å²) in [6.07, 6.45) is 3.32. The topological polar surface area (TPSA) is 104 Å². The number of hydrogen-bond acceptors (Lipinski definition) is 6. The molecule has 2 aliphatic rings. The van der Waals surface area contributed by atoms with Gasteiger partial charge in [-0.1, -0.05) is 0 Å². The smallest absolute Gasteiger partial charge is 0.475 e. The van der Waals surface area contributed by atoms with E-state index in [1.54, 1.807) is 12.4 Å². The number of amides is 1. The Kier molecular flexibility index (Phi) is 6.71. The molecule has 1 amide bonds. The lowest BCUT2D eigenvalue weighted by atomic mass is 9.91. The van der Waals surface area contributed by atoms with E-state index in [0.717, 1.165) is 30.1 Å². The lowest BCUT2D eigenvalue weighted by Gasteiger charge is -2.30. The SMILES string of the molecule is O=C(NCC1CCNC2(CC2)C1)c1csc(-c2cccnc2)n1.O=C(O)C(F)(F)F. The van der Waals surface area contributed by atoms with Crippen molar-refractivity contribution in [2.24, 2.45) is 5.92 Å². The number of carboxylic acids is 1. The second-order valence-electron chi connectivity index (χ2n) is 7.36. The summed E-state index contributed by atoms with van der Waals surface area (Å²) in [5.74, 6) is -2.24. The highest BCUT2D eigenvalue weighted by Crippen LogP contribution is 2.43. The fourth-order valence-corrected chi connectivity index (χ4v) is 4.09. The molecule has 1 saturated heterocycles. The van der Waals surface area contributed by atoms with Gasteiger partial charge in [-0.3, -0.25) is 9.78 Å². The van der Waals surface area contributed by atoms with Crippen LogP contribution in [0.2, 0.25) is 0 Å². The van der Waals surface area contributed by atoms with Gasteiger partial charge in [-0.25, -0.2) is 9.78 Å². The van der Waals surface area contributed by atoms with Gasteiger partial charge >= 0.3 is 12.1 Å². The number of aliphatic carboxylic acids is 1. The van der Waals surface area contributed by atoms with Crippen LogP contribution in [0.25, 0.3) is 10.6 Å². The Labute approximate surface area is 174 Å². The lowest BCUT2D eigenvalue weighted by molar-refractivity contribution is -0.192. The number of halogens is 3. The van der Waals surface area contributed by atoms with E-state index < -0.39 is 12.1 Å². The van der Waals surface area contributed by atoms with Crippen LogP contribution >= 0.6 is 11.3 Å². The van der Waals surface area contributed by atoms with Gasteiger partial charge in [0.15, 0.2) is 0 Å². The molecule has 30 heavy (non-hydrogen) atoms.